The molecule has 0 saturated heterocycles. The molecule has 6 nitrogen and oxygen atoms in total. The zero-order valence-corrected chi connectivity index (χ0v) is 18.9. The van der Waals surface area contributed by atoms with Gasteiger partial charge in [0.15, 0.2) is 5.75 Å². The van der Waals surface area contributed by atoms with E-state index in [-0.39, 0.29) is 18.4 Å². The molecule has 0 spiro atoms. The van der Waals surface area contributed by atoms with Gasteiger partial charge in [0.25, 0.3) is 0 Å². The predicted molar refractivity (Wildman–Crippen MR) is 133 cm³/mol. The van der Waals surface area contributed by atoms with Crippen LogP contribution in [0, 0.1) is 0 Å². The van der Waals surface area contributed by atoms with Gasteiger partial charge in [0.1, 0.15) is 11.5 Å². The Kier molecular flexibility index (Phi) is 7.40. The van der Waals surface area contributed by atoms with E-state index in [4.69, 9.17) is 9.47 Å². The van der Waals surface area contributed by atoms with Crippen LogP contribution in [0.1, 0.15) is 12.0 Å². The summed E-state index contributed by atoms with van der Waals surface area (Å²) in [4.78, 5) is 24.8. The highest BCUT2D eigenvalue weighted by Crippen LogP contribution is 2.30. The van der Waals surface area contributed by atoms with Crippen molar-refractivity contribution < 1.29 is 19.1 Å². The van der Waals surface area contributed by atoms with Gasteiger partial charge in [-0.25, -0.2) is 0 Å². The number of ether oxygens (including phenoxy) is 2. The second-order valence-corrected chi connectivity index (χ2v) is 7.74. The predicted octanol–water partition coefficient (Wildman–Crippen LogP) is 5.33. The third-order valence-electron chi connectivity index (χ3n) is 5.38. The topological polar surface area (TPSA) is 76.7 Å². The van der Waals surface area contributed by atoms with Gasteiger partial charge in [-0.05, 0) is 47.0 Å². The molecule has 0 saturated carbocycles. The zero-order valence-electron chi connectivity index (χ0n) is 18.9. The summed E-state index contributed by atoms with van der Waals surface area (Å²) >= 11 is 0. The molecule has 2 amide bonds. The molecule has 0 aromatic heterocycles. The Bertz CT molecular complexity index is 1300. The summed E-state index contributed by atoms with van der Waals surface area (Å²) in [5, 5.41) is 7.79. The lowest BCUT2D eigenvalue weighted by Gasteiger charge is -2.13. The number of carbonyl (C=O) groups is 2. The van der Waals surface area contributed by atoms with Gasteiger partial charge >= 0.3 is 0 Å². The highest BCUT2D eigenvalue weighted by atomic mass is 16.5. The molecule has 0 aliphatic heterocycles. The number of hydrogen-bond donors (Lipinski definition) is 2. The van der Waals surface area contributed by atoms with Crippen molar-refractivity contribution in [1.29, 1.82) is 0 Å². The molecule has 6 heteroatoms. The van der Waals surface area contributed by atoms with Crippen molar-refractivity contribution in [3.8, 4) is 17.2 Å². The van der Waals surface area contributed by atoms with Gasteiger partial charge < -0.3 is 20.1 Å². The van der Waals surface area contributed by atoms with Crippen LogP contribution in [0.4, 0.5) is 5.69 Å². The Morgan fingerprint density at radius 1 is 0.794 bits per heavy atom. The average molecular weight is 455 g/mol. The third-order valence-corrected chi connectivity index (χ3v) is 5.38. The summed E-state index contributed by atoms with van der Waals surface area (Å²) in [6.45, 7) is -0.123. The fourth-order valence-electron chi connectivity index (χ4n) is 3.67. The molecule has 4 aromatic carbocycles. The molecule has 0 fully saturated rings. The number of amides is 2. The maximum absolute atomic E-state index is 12.5. The summed E-state index contributed by atoms with van der Waals surface area (Å²) in [5.74, 6) is 1.24. The van der Waals surface area contributed by atoms with Crippen LogP contribution in [0.5, 0.6) is 17.2 Å². The summed E-state index contributed by atoms with van der Waals surface area (Å²) < 4.78 is 11.1. The van der Waals surface area contributed by atoms with Gasteiger partial charge in [0.2, 0.25) is 11.8 Å². The van der Waals surface area contributed by atoms with Crippen LogP contribution in [0.2, 0.25) is 0 Å². The van der Waals surface area contributed by atoms with Gasteiger partial charge in [0, 0.05) is 12.5 Å². The minimum absolute atomic E-state index is 0.123. The molecule has 4 rings (SSSR count). The fourth-order valence-corrected chi connectivity index (χ4v) is 3.67. The lowest BCUT2D eigenvalue weighted by molar-refractivity contribution is -0.124. The Balaban J connectivity index is 1.30. The number of rotatable bonds is 9. The Morgan fingerprint density at radius 2 is 1.53 bits per heavy atom. The smallest absolute Gasteiger partial charge is 0.243 e. The van der Waals surface area contributed by atoms with E-state index in [2.05, 4.69) is 28.8 Å². The molecular formula is C28H26N2O4. The monoisotopic (exact) mass is 454 g/mol. The molecule has 0 radical (unpaired) electrons. The van der Waals surface area contributed by atoms with Crippen molar-refractivity contribution in [2.45, 2.75) is 12.8 Å². The molecule has 34 heavy (non-hydrogen) atoms. The molecule has 0 aliphatic carbocycles. The van der Waals surface area contributed by atoms with E-state index in [1.807, 2.05) is 42.5 Å². The molecular weight excluding hydrogens is 428 g/mol. The van der Waals surface area contributed by atoms with Crippen molar-refractivity contribution in [2.24, 2.45) is 0 Å². The van der Waals surface area contributed by atoms with Crippen LogP contribution in [-0.2, 0) is 16.0 Å². The molecule has 0 aliphatic rings. The second kappa shape index (κ2) is 11.0. The molecule has 172 valence electrons. The number of aryl methyl sites for hydroxylation is 1. The van der Waals surface area contributed by atoms with E-state index in [1.165, 1.54) is 0 Å². The first-order valence-corrected chi connectivity index (χ1v) is 11.1. The normalized spacial score (nSPS) is 10.5. The van der Waals surface area contributed by atoms with E-state index in [1.54, 1.807) is 37.4 Å². The molecule has 0 heterocycles. The third kappa shape index (κ3) is 5.92. The minimum atomic E-state index is -0.333. The number of fused-ring (bicyclic) bond motifs is 1. The lowest BCUT2D eigenvalue weighted by Crippen LogP contribution is -2.33. The molecule has 4 aromatic rings. The van der Waals surface area contributed by atoms with Crippen LogP contribution < -0.4 is 20.1 Å². The number of benzene rings is 4. The number of para-hydroxylation sites is 2. The maximum atomic E-state index is 12.5. The van der Waals surface area contributed by atoms with Crippen LogP contribution in [0.25, 0.3) is 10.8 Å². The second-order valence-electron chi connectivity index (χ2n) is 7.74. The van der Waals surface area contributed by atoms with E-state index in [9.17, 15) is 9.59 Å². The van der Waals surface area contributed by atoms with Gasteiger partial charge in [-0.15, -0.1) is 0 Å². The first kappa shape index (κ1) is 22.9. The lowest BCUT2D eigenvalue weighted by atomic mass is 10.0. The fraction of sp³-hybridized carbons (Fsp3) is 0.143. The minimum Gasteiger partial charge on any atom is -0.497 e. The molecule has 0 bridgehead atoms. The van der Waals surface area contributed by atoms with Crippen molar-refractivity contribution in [2.75, 3.05) is 19.0 Å². The van der Waals surface area contributed by atoms with Gasteiger partial charge in [-0.3, -0.25) is 9.59 Å². The van der Waals surface area contributed by atoms with E-state index in [0.29, 0.717) is 35.8 Å². The number of nitrogens with one attached hydrogen (secondary N) is 2. The number of anilines is 1. The number of methoxy groups -OCH3 is 1. The van der Waals surface area contributed by atoms with E-state index < -0.39 is 0 Å². The highest BCUT2D eigenvalue weighted by Gasteiger charge is 2.11. The van der Waals surface area contributed by atoms with E-state index in [0.717, 1.165) is 16.3 Å². The summed E-state index contributed by atoms with van der Waals surface area (Å²) in [6.07, 6.45) is 0.906. The van der Waals surface area contributed by atoms with Crippen LogP contribution in [-0.4, -0.2) is 25.5 Å². The Morgan fingerprint density at radius 3 is 2.41 bits per heavy atom. The van der Waals surface area contributed by atoms with Crippen LogP contribution >= 0.6 is 0 Å². The standard InChI is InChI=1S/C28H26N2O4/c1-33-22-11-7-12-23(18-22)34-26-15-5-4-14-25(26)30-28(32)19-29-27(31)17-16-21-10-6-9-20-8-2-3-13-24(20)21/h2-15,18H,16-17,19H2,1H3,(H,29,31)(H,30,32). The Hall–Kier alpha value is -4.32. The molecule has 0 atom stereocenters. The summed E-state index contributed by atoms with van der Waals surface area (Å²) in [6, 6.07) is 28.5. The van der Waals surface area contributed by atoms with E-state index >= 15 is 0 Å². The van der Waals surface area contributed by atoms with Crippen molar-refractivity contribution in [3.05, 3.63) is 96.6 Å². The van der Waals surface area contributed by atoms with Crippen molar-refractivity contribution in [1.82, 2.24) is 5.32 Å². The Labute approximate surface area is 198 Å². The largest absolute Gasteiger partial charge is 0.497 e. The van der Waals surface area contributed by atoms with Gasteiger partial charge in [-0.1, -0.05) is 60.7 Å². The summed E-state index contributed by atoms with van der Waals surface area (Å²) in [5.41, 5.74) is 1.63. The first-order chi connectivity index (χ1) is 16.6. The van der Waals surface area contributed by atoms with Gasteiger partial charge in [0.05, 0.1) is 19.3 Å². The SMILES string of the molecule is COc1cccc(Oc2ccccc2NC(=O)CNC(=O)CCc2cccc3ccccc23)c1. The molecule has 0 unspecified atom stereocenters. The zero-order chi connectivity index (χ0) is 23.8. The highest BCUT2D eigenvalue weighted by molar-refractivity contribution is 5.95. The van der Waals surface area contributed by atoms with Crippen molar-refractivity contribution in [3.63, 3.8) is 0 Å². The number of hydrogen-bond acceptors (Lipinski definition) is 4. The van der Waals surface area contributed by atoms with Gasteiger partial charge in [-0.2, -0.15) is 0 Å². The maximum Gasteiger partial charge on any atom is 0.243 e. The molecule has 2 N–H and O–H groups in total. The quantitative estimate of drug-likeness (QED) is 0.358. The first-order valence-electron chi connectivity index (χ1n) is 11.1. The summed E-state index contributed by atoms with van der Waals surface area (Å²) in [7, 11) is 1.59. The average Bonchev–Trinajstić information content (AvgIpc) is 2.87. The number of carbonyl (C=O) groups excluding carboxylic acids is 2. The van der Waals surface area contributed by atoms with Crippen molar-refractivity contribution >= 4 is 28.3 Å². The van der Waals surface area contributed by atoms with Crippen LogP contribution in [0.15, 0.2) is 91.0 Å². The van der Waals surface area contributed by atoms with Crippen LogP contribution in [0.3, 0.4) is 0 Å².